The van der Waals surface area contributed by atoms with E-state index in [0.29, 0.717) is 17.1 Å². The normalized spacial score (nSPS) is 14.9. The number of carbonyl (C=O) groups is 1. The van der Waals surface area contributed by atoms with Gasteiger partial charge in [-0.05, 0) is 42.3 Å². The highest BCUT2D eigenvalue weighted by Crippen LogP contribution is 2.43. The molecule has 0 bridgehead atoms. The number of rotatable bonds is 5. The van der Waals surface area contributed by atoms with Crippen molar-refractivity contribution < 1.29 is 19.0 Å². The van der Waals surface area contributed by atoms with Gasteiger partial charge in [0.05, 0.1) is 13.0 Å². The van der Waals surface area contributed by atoms with Crippen molar-refractivity contribution in [1.82, 2.24) is 0 Å². The molecule has 3 aromatic rings. The molecule has 164 valence electrons. The molecule has 1 unspecified atom stereocenters. The smallest absolute Gasteiger partial charge is 0.336 e. The summed E-state index contributed by atoms with van der Waals surface area (Å²) < 4.78 is 16.3. The summed E-state index contributed by atoms with van der Waals surface area (Å²) in [6.45, 7) is 2.00. The summed E-state index contributed by atoms with van der Waals surface area (Å²) >= 11 is 0. The zero-order valence-electron chi connectivity index (χ0n) is 18.2. The van der Waals surface area contributed by atoms with E-state index in [-0.39, 0.29) is 11.8 Å². The van der Waals surface area contributed by atoms with Crippen LogP contribution in [0.4, 0.5) is 0 Å². The maximum Gasteiger partial charge on any atom is 0.336 e. The lowest BCUT2D eigenvalue weighted by molar-refractivity contribution is -0.128. The summed E-state index contributed by atoms with van der Waals surface area (Å²) in [6.07, 6.45) is 3.00. The highest BCUT2D eigenvalue weighted by molar-refractivity contribution is 5.88. The Hall–Kier alpha value is -4.50. The molecule has 1 aliphatic heterocycles. The van der Waals surface area contributed by atoms with Crippen LogP contribution >= 0.6 is 0 Å². The van der Waals surface area contributed by atoms with Crippen molar-refractivity contribution in [3.63, 3.8) is 0 Å². The summed E-state index contributed by atoms with van der Waals surface area (Å²) in [7, 11) is 1.60. The summed E-state index contributed by atoms with van der Waals surface area (Å²) in [4.78, 5) is 12.3. The molecule has 0 saturated heterocycles. The number of methoxy groups -OCH3 is 1. The number of aryl methyl sites for hydroxylation is 1. The number of nitrogens with zero attached hydrogens (tertiary/aromatic N) is 1. The Balaban J connectivity index is 1.56. The highest BCUT2D eigenvalue weighted by atomic mass is 16.5. The molecule has 1 aliphatic rings. The molecule has 0 saturated carbocycles. The number of carbonyl (C=O) groups excluding carboxylic acids is 1. The van der Waals surface area contributed by atoms with E-state index in [1.807, 2.05) is 55.5 Å². The van der Waals surface area contributed by atoms with Gasteiger partial charge in [0.1, 0.15) is 28.9 Å². The second kappa shape index (κ2) is 9.33. The minimum Gasteiger partial charge on any atom is -0.497 e. The molecule has 3 aromatic carbocycles. The number of hydrogen-bond donors (Lipinski definition) is 1. The molecule has 33 heavy (non-hydrogen) atoms. The van der Waals surface area contributed by atoms with Crippen molar-refractivity contribution >= 4 is 12.0 Å². The van der Waals surface area contributed by atoms with E-state index in [2.05, 4.69) is 6.07 Å². The monoisotopic (exact) mass is 438 g/mol. The Morgan fingerprint density at radius 2 is 1.76 bits per heavy atom. The molecule has 6 heteroatoms. The molecular formula is C27H22N2O4. The average molecular weight is 438 g/mol. The summed E-state index contributed by atoms with van der Waals surface area (Å²) in [5.74, 6) is 0.645. The average Bonchev–Trinajstić information content (AvgIpc) is 2.82. The van der Waals surface area contributed by atoms with Crippen molar-refractivity contribution in [2.24, 2.45) is 5.73 Å². The first-order valence-corrected chi connectivity index (χ1v) is 10.3. The van der Waals surface area contributed by atoms with E-state index in [4.69, 9.17) is 19.9 Å². The zero-order chi connectivity index (χ0) is 23.4. The molecular weight excluding hydrogens is 416 g/mol. The highest BCUT2D eigenvalue weighted by Gasteiger charge is 2.30. The van der Waals surface area contributed by atoms with Crippen LogP contribution in [0.15, 0.2) is 84.3 Å². The minimum atomic E-state index is -0.530. The molecule has 0 fully saturated rings. The van der Waals surface area contributed by atoms with Crippen molar-refractivity contribution in [2.45, 2.75) is 12.8 Å². The van der Waals surface area contributed by atoms with Gasteiger partial charge in [-0.1, -0.05) is 48.0 Å². The van der Waals surface area contributed by atoms with E-state index in [1.54, 1.807) is 31.4 Å². The second-order valence-electron chi connectivity index (χ2n) is 7.56. The zero-order valence-corrected chi connectivity index (χ0v) is 18.2. The van der Waals surface area contributed by atoms with Crippen LogP contribution < -0.4 is 19.9 Å². The fourth-order valence-electron chi connectivity index (χ4n) is 3.63. The molecule has 0 spiro atoms. The third-order valence-corrected chi connectivity index (χ3v) is 5.35. The van der Waals surface area contributed by atoms with E-state index in [1.165, 1.54) is 6.08 Å². The third-order valence-electron chi connectivity index (χ3n) is 5.35. The van der Waals surface area contributed by atoms with E-state index >= 15 is 0 Å². The van der Waals surface area contributed by atoms with Gasteiger partial charge in [0, 0.05) is 17.7 Å². The van der Waals surface area contributed by atoms with Crippen molar-refractivity contribution in [1.29, 1.82) is 5.26 Å². The SMILES string of the molecule is COc1ccc(/C=C/C(=O)Oc2ccc3c(c2)OC(N)=C(C#N)C3c2ccc(C)cc2)cc1. The lowest BCUT2D eigenvalue weighted by Gasteiger charge is -2.26. The number of nitrogens with two attached hydrogens (primary N) is 1. The lowest BCUT2D eigenvalue weighted by atomic mass is 9.83. The minimum absolute atomic E-state index is 0.0402. The molecule has 1 atom stereocenters. The van der Waals surface area contributed by atoms with Gasteiger partial charge in [-0.15, -0.1) is 0 Å². The predicted octanol–water partition coefficient (Wildman–Crippen LogP) is 4.84. The first-order valence-electron chi connectivity index (χ1n) is 10.3. The molecule has 4 rings (SSSR count). The molecule has 2 N–H and O–H groups in total. The number of esters is 1. The molecule has 1 heterocycles. The third kappa shape index (κ3) is 4.73. The van der Waals surface area contributed by atoms with Gasteiger partial charge in [0.2, 0.25) is 5.88 Å². The van der Waals surface area contributed by atoms with E-state index in [9.17, 15) is 10.1 Å². The van der Waals surface area contributed by atoms with Gasteiger partial charge in [0.25, 0.3) is 0 Å². The lowest BCUT2D eigenvalue weighted by Crippen LogP contribution is -2.21. The molecule has 6 nitrogen and oxygen atoms in total. The molecule has 0 radical (unpaired) electrons. The van der Waals surface area contributed by atoms with E-state index in [0.717, 1.165) is 28.0 Å². The van der Waals surface area contributed by atoms with Gasteiger partial charge < -0.3 is 19.9 Å². The number of fused-ring (bicyclic) bond motifs is 1. The summed E-state index contributed by atoms with van der Waals surface area (Å²) in [6, 6.07) is 22.5. The largest absolute Gasteiger partial charge is 0.497 e. The number of ether oxygens (including phenoxy) is 3. The van der Waals surface area contributed by atoms with Gasteiger partial charge in [-0.25, -0.2) is 4.79 Å². The fourth-order valence-corrected chi connectivity index (χ4v) is 3.63. The Kier molecular flexibility index (Phi) is 6.14. The van der Waals surface area contributed by atoms with Crippen molar-refractivity contribution in [3.8, 4) is 23.3 Å². The molecule has 0 aromatic heterocycles. The van der Waals surface area contributed by atoms with Crippen LogP contribution in [0.3, 0.4) is 0 Å². The quantitative estimate of drug-likeness (QED) is 0.348. The van der Waals surface area contributed by atoms with Crippen LogP contribution in [-0.2, 0) is 4.79 Å². The van der Waals surface area contributed by atoms with Gasteiger partial charge in [-0.3, -0.25) is 0 Å². The van der Waals surface area contributed by atoms with E-state index < -0.39 is 5.97 Å². The number of benzene rings is 3. The number of nitriles is 1. The molecule has 0 amide bonds. The van der Waals surface area contributed by atoms with Gasteiger partial charge in [-0.2, -0.15) is 5.26 Å². The van der Waals surface area contributed by atoms with Gasteiger partial charge >= 0.3 is 5.97 Å². The molecule has 0 aliphatic carbocycles. The van der Waals surface area contributed by atoms with Crippen LogP contribution in [0, 0.1) is 18.3 Å². The van der Waals surface area contributed by atoms with Crippen LogP contribution in [0.2, 0.25) is 0 Å². The van der Waals surface area contributed by atoms with Crippen LogP contribution in [0.5, 0.6) is 17.2 Å². The first kappa shape index (κ1) is 21.7. The standard InChI is InChI=1S/C27H22N2O4/c1-17-3-8-19(9-4-17)26-22-13-12-21(15-24(22)33-27(29)23(26)16-28)32-25(30)14-7-18-5-10-20(31-2)11-6-18/h3-15,26H,29H2,1-2H3/b14-7+. The predicted molar refractivity (Wildman–Crippen MR) is 125 cm³/mol. The Morgan fingerprint density at radius 1 is 1.06 bits per heavy atom. The maximum atomic E-state index is 12.3. The summed E-state index contributed by atoms with van der Waals surface area (Å²) in [5, 5.41) is 9.68. The number of hydrogen-bond acceptors (Lipinski definition) is 6. The number of allylic oxidation sites excluding steroid dienone is 1. The van der Waals surface area contributed by atoms with Gasteiger partial charge in [0.15, 0.2) is 0 Å². The van der Waals surface area contributed by atoms with Crippen LogP contribution in [-0.4, -0.2) is 13.1 Å². The van der Waals surface area contributed by atoms with Crippen LogP contribution in [0.25, 0.3) is 6.08 Å². The first-order chi connectivity index (χ1) is 16.0. The topological polar surface area (TPSA) is 94.6 Å². The Bertz CT molecular complexity index is 1280. The summed E-state index contributed by atoms with van der Waals surface area (Å²) in [5.41, 5.74) is 10.1. The fraction of sp³-hybridized carbons (Fsp3) is 0.111. The Morgan fingerprint density at radius 3 is 2.42 bits per heavy atom. The Labute approximate surface area is 192 Å². The van der Waals surface area contributed by atoms with Crippen molar-refractivity contribution in [3.05, 3.63) is 107 Å². The second-order valence-corrected chi connectivity index (χ2v) is 7.56. The van der Waals surface area contributed by atoms with Crippen molar-refractivity contribution in [2.75, 3.05) is 7.11 Å². The van der Waals surface area contributed by atoms with Crippen LogP contribution in [0.1, 0.15) is 28.2 Å². The maximum absolute atomic E-state index is 12.3.